The first-order valence-corrected chi connectivity index (χ1v) is 14.8. The molecular formula is C27H30F3N7O3S. The van der Waals surface area contributed by atoms with Crippen molar-refractivity contribution in [2.24, 2.45) is 18.4 Å². The molecule has 0 saturated heterocycles. The van der Waals surface area contributed by atoms with Gasteiger partial charge in [-0.3, -0.25) is 14.2 Å². The van der Waals surface area contributed by atoms with E-state index in [9.17, 15) is 22.8 Å². The number of ketones is 1. The van der Waals surface area contributed by atoms with Gasteiger partial charge in [-0.15, -0.1) is 26.6 Å². The summed E-state index contributed by atoms with van der Waals surface area (Å²) in [5.74, 6) is 0.191. The average molecular weight is 590 g/mol. The fourth-order valence-corrected chi connectivity index (χ4v) is 7.64. The lowest BCUT2D eigenvalue weighted by atomic mass is 9.79. The van der Waals surface area contributed by atoms with Crippen LogP contribution in [0.2, 0.25) is 0 Å². The SMILES string of the molecule is Cn1nc(OC(F)F)cc1Nc1nncn1[C@H]1CCc2sc(CC(=O)C3CC(F)C3)c(C(=O)N[C@@H]3CC34CC4)c2C1. The second kappa shape index (κ2) is 9.85. The third-order valence-electron chi connectivity index (χ3n) is 9.07. The van der Waals surface area contributed by atoms with Crippen LogP contribution in [0.5, 0.6) is 5.88 Å². The number of thiophene rings is 1. The van der Waals surface area contributed by atoms with Gasteiger partial charge in [-0.25, -0.2) is 9.07 Å². The van der Waals surface area contributed by atoms with Crippen molar-refractivity contribution in [2.45, 2.75) is 82.7 Å². The molecule has 3 aromatic heterocycles. The number of anilines is 2. The van der Waals surface area contributed by atoms with Gasteiger partial charge in [0, 0.05) is 47.3 Å². The van der Waals surface area contributed by atoms with Crippen LogP contribution >= 0.6 is 11.3 Å². The number of aryl methyl sites for hydroxylation is 2. The van der Waals surface area contributed by atoms with Crippen molar-refractivity contribution in [1.82, 2.24) is 29.9 Å². The maximum absolute atomic E-state index is 13.7. The molecule has 3 saturated carbocycles. The van der Waals surface area contributed by atoms with E-state index in [-0.39, 0.29) is 54.8 Å². The van der Waals surface area contributed by atoms with Gasteiger partial charge >= 0.3 is 6.61 Å². The highest BCUT2D eigenvalue weighted by atomic mass is 32.1. The van der Waals surface area contributed by atoms with Crippen LogP contribution in [0.25, 0.3) is 0 Å². The van der Waals surface area contributed by atoms with Crippen molar-refractivity contribution >= 4 is 34.8 Å². The van der Waals surface area contributed by atoms with Crippen LogP contribution in [-0.4, -0.2) is 55.1 Å². The summed E-state index contributed by atoms with van der Waals surface area (Å²) < 4.78 is 46.4. The number of carbonyl (C=O) groups excluding carboxylic acids is 2. The normalized spacial score (nSPS) is 25.5. The molecule has 218 valence electrons. The summed E-state index contributed by atoms with van der Waals surface area (Å²) in [6, 6.07) is 1.47. The van der Waals surface area contributed by atoms with Crippen LogP contribution in [0, 0.1) is 11.3 Å². The lowest BCUT2D eigenvalue weighted by Crippen LogP contribution is -2.33. The lowest BCUT2D eigenvalue weighted by Gasteiger charge is -2.28. The molecular weight excluding hydrogens is 559 g/mol. The number of hydrogen-bond acceptors (Lipinski definition) is 8. The molecule has 3 fully saturated rings. The van der Waals surface area contributed by atoms with Crippen LogP contribution < -0.4 is 15.4 Å². The molecule has 0 radical (unpaired) electrons. The first-order chi connectivity index (χ1) is 19.7. The first-order valence-electron chi connectivity index (χ1n) is 14.0. The molecule has 0 bridgehead atoms. The molecule has 41 heavy (non-hydrogen) atoms. The number of aromatic nitrogens is 5. The zero-order chi connectivity index (χ0) is 28.5. The molecule has 1 amide bonds. The average Bonchev–Trinajstić information content (AvgIpc) is 3.62. The van der Waals surface area contributed by atoms with E-state index in [0.717, 1.165) is 47.4 Å². The second-order valence-electron chi connectivity index (χ2n) is 11.8. The van der Waals surface area contributed by atoms with E-state index in [2.05, 4.69) is 30.7 Å². The van der Waals surface area contributed by atoms with E-state index in [0.29, 0.717) is 29.2 Å². The van der Waals surface area contributed by atoms with E-state index >= 15 is 0 Å². The van der Waals surface area contributed by atoms with Crippen LogP contribution in [0.4, 0.5) is 24.9 Å². The molecule has 14 heteroatoms. The zero-order valence-electron chi connectivity index (χ0n) is 22.4. The fraction of sp³-hybridized carbons (Fsp3) is 0.593. The molecule has 1 spiro atoms. The summed E-state index contributed by atoms with van der Waals surface area (Å²) in [5, 5.41) is 18.5. The van der Waals surface area contributed by atoms with Gasteiger partial charge in [0.15, 0.2) is 0 Å². The summed E-state index contributed by atoms with van der Waals surface area (Å²) in [6.07, 6.45) is 6.73. The van der Waals surface area contributed by atoms with Gasteiger partial charge in [-0.05, 0) is 62.3 Å². The number of amides is 1. The number of nitrogens with zero attached hydrogens (tertiary/aromatic N) is 5. The highest BCUT2D eigenvalue weighted by Crippen LogP contribution is 2.66. The van der Waals surface area contributed by atoms with E-state index in [1.54, 1.807) is 13.4 Å². The smallest absolute Gasteiger partial charge is 0.388 e. The molecule has 0 aromatic carbocycles. The van der Waals surface area contributed by atoms with E-state index < -0.39 is 12.8 Å². The topological polar surface area (TPSA) is 116 Å². The molecule has 2 N–H and O–H groups in total. The molecule has 4 aliphatic rings. The zero-order valence-corrected chi connectivity index (χ0v) is 23.2. The molecule has 7 rings (SSSR count). The van der Waals surface area contributed by atoms with Crippen molar-refractivity contribution < 1.29 is 27.5 Å². The molecule has 0 unspecified atom stereocenters. The predicted molar refractivity (Wildman–Crippen MR) is 142 cm³/mol. The van der Waals surface area contributed by atoms with E-state index in [4.69, 9.17) is 0 Å². The number of carbonyl (C=O) groups is 2. The molecule has 0 aliphatic heterocycles. The van der Waals surface area contributed by atoms with Crippen LogP contribution in [0.15, 0.2) is 12.4 Å². The molecule has 2 atom stereocenters. The summed E-state index contributed by atoms with van der Waals surface area (Å²) in [6.45, 7) is -2.99. The monoisotopic (exact) mass is 589 g/mol. The van der Waals surface area contributed by atoms with Gasteiger partial charge in [0.1, 0.15) is 24.1 Å². The third kappa shape index (κ3) is 4.99. The number of alkyl halides is 3. The van der Waals surface area contributed by atoms with Crippen molar-refractivity contribution in [2.75, 3.05) is 5.32 Å². The minimum Gasteiger partial charge on any atom is -0.415 e. The van der Waals surface area contributed by atoms with E-state index in [1.807, 2.05) is 4.57 Å². The van der Waals surface area contributed by atoms with Gasteiger partial charge in [0.2, 0.25) is 11.8 Å². The Morgan fingerprint density at radius 3 is 2.80 bits per heavy atom. The highest BCUT2D eigenvalue weighted by Gasteiger charge is 2.63. The van der Waals surface area contributed by atoms with Crippen molar-refractivity contribution in [3.63, 3.8) is 0 Å². The quantitative estimate of drug-likeness (QED) is 0.363. The van der Waals surface area contributed by atoms with Gasteiger partial charge in [-0.2, -0.15) is 8.78 Å². The first kappa shape index (κ1) is 26.5. The Morgan fingerprint density at radius 2 is 2.10 bits per heavy atom. The lowest BCUT2D eigenvalue weighted by molar-refractivity contribution is -0.126. The Balaban J connectivity index is 1.13. The third-order valence-corrected chi connectivity index (χ3v) is 10.4. The summed E-state index contributed by atoms with van der Waals surface area (Å²) in [4.78, 5) is 28.5. The van der Waals surface area contributed by atoms with Gasteiger partial charge < -0.3 is 15.4 Å². The standard InChI is InChI=1S/C27H30F3N7O3S/c1-36-21(10-22(35-36)40-25(29)30)33-26-34-31-12-37(26)15-2-3-18-16(8-15)23(24(39)32-20-11-27(20)4-5-27)19(41-18)9-17(38)13-6-14(28)7-13/h10,12-15,20,25H,2-9,11H2,1H3,(H,32,39)(H,33,34)/t13?,14?,15-,20+/m0/s1. The molecule has 10 nitrogen and oxygen atoms in total. The number of nitrogens with one attached hydrogen (secondary N) is 2. The Bertz CT molecular complexity index is 1510. The van der Waals surface area contributed by atoms with Gasteiger partial charge in [0.05, 0.1) is 5.56 Å². The minimum atomic E-state index is -2.99. The number of rotatable bonds is 10. The highest BCUT2D eigenvalue weighted by molar-refractivity contribution is 7.12. The largest absolute Gasteiger partial charge is 0.415 e. The number of fused-ring (bicyclic) bond motifs is 1. The van der Waals surface area contributed by atoms with Gasteiger partial charge in [0.25, 0.3) is 5.91 Å². The molecule has 4 aliphatic carbocycles. The number of hydrogen-bond donors (Lipinski definition) is 2. The van der Waals surface area contributed by atoms with Crippen LogP contribution in [0.3, 0.4) is 0 Å². The van der Waals surface area contributed by atoms with Crippen molar-refractivity contribution in [1.29, 1.82) is 0 Å². The van der Waals surface area contributed by atoms with Crippen LogP contribution in [-0.2, 0) is 31.1 Å². The second-order valence-corrected chi connectivity index (χ2v) is 12.9. The van der Waals surface area contributed by atoms with Crippen LogP contribution in [0.1, 0.15) is 70.2 Å². The predicted octanol–water partition coefficient (Wildman–Crippen LogP) is 4.29. The molecule has 3 aromatic rings. The summed E-state index contributed by atoms with van der Waals surface area (Å²) in [7, 11) is 1.59. The number of ether oxygens (including phenoxy) is 1. The maximum Gasteiger partial charge on any atom is 0.388 e. The van der Waals surface area contributed by atoms with Gasteiger partial charge in [-0.1, -0.05) is 0 Å². The molecule has 3 heterocycles. The number of Topliss-reactive ketones (excluding diaryl/α,β-unsaturated/α-hetero) is 1. The Kier molecular flexibility index (Phi) is 6.36. The fourth-order valence-electron chi connectivity index (χ4n) is 6.28. The van der Waals surface area contributed by atoms with Crippen molar-refractivity contribution in [3.05, 3.63) is 33.3 Å². The maximum atomic E-state index is 13.7. The van der Waals surface area contributed by atoms with Crippen molar-refractivity contribution in [3.8, 4) is 5.88 Å². The Labute approximate surface area is 237 Å². The minimum absolute atomic E-state index is 0.00449. The summed E-state index contributed by atoms with van der Waals surface area (Å²) >= 11 is 1.53. The number of halogens is 3. The Hall–Kier alpha value is -3.42. The Morgan fingerprint density at radius 1 is 1.29 bits per heavy atom. The summed E-state index contributed by atoms with van der Waals surface area (Å²) in [5.41, 5.74) is 1.84. The van der Waals surface area contributed by atoms with E-state index in [1.165, 1.54) is 22.1 Å².